The number of hydrogen-bond donors (Lipinski definition) is 1. The van der Waals surface area contributed by atoms with E-state index >= 15 is 0 Å². The largest absolute Gasteiger partial charge is 0.495 e. The van der Waals surface area contributed by atoms with Crippen molar-refractivity contribution in [2.24, 2.45) is 0 Å². The third kappa shape index (κ3) is 4.11. The summed E-state index contributed by atoms with van der Waals surface area (Å²) in [5.41, 5.74) is 7.42. The Bertz CT molecular complexity index is 823. The minimum atomic E-state index is -0.215. The van der Waals surface area contributed by atoms with Crippen molar-refractivity contribution in [3.8, 4) is 23.0 Å². The maximum Gasteiger partial charge on any atom is 0.203 e. The Hall–Kier alpha value is -2.67. The summed E-state index contributed by atoms with van der Waals surface area (Å²) >= 11 is 3.33. The van der Waals surface area contributed by atoms with Crippen LogP contribution in [-0.4, -0.2) is 34.2 Å². The van der Waals surface area contributed by atoms with Crippen molar-refractivity contribution < 1.29 is 23.7 Å². The Labute approximate surface area is 160 Å². The van der Waals surface area contributed by atoms with E-state index in [9.17, 15) is 4.79 Å². The van der Waals surface area contributed by atoms with Crippen LogP contribution in [0.1, 0.15) is 15.9 Å². The zero-order valence-corrected chi connectivity index (χ0v) is 16.5. The molecule has 2 N–H and O–H groups in total. The molecule has 0 saturated heterocycles. The van der Waals surface area contributed by atoms with E-state index in [4.69, 9.17) is 24.7 Å². The molecule has 0 aromatic heterocycles. The topological polar surface area (TPSA) is 80.0 Å². The zero-order chi connectivity index (χ0) is 19.3. The van der Waals surface area contributed by atoms with Crippen molar-refractivity contribution in [1.82, 2.24) is 0 Å². The second-order valence-electron chi connectivity index (χ2n) is 5.24. The summed E-state index contributed by atoms with van der Waals surface area (Å²) in [6.07, 6.45) is 1.67. The monoisotopic (exact) mass is 421 g/mol. The number of carbonyl (C=O) groups excluding carboxylic acids is 1. The van der Waals surface area contributed by atoms with Crippen LogP contribution in [0.2, 0.25) is 0 Å². The molecular weight excluding hydrogens is 402 g/mol. The van der Waals surface area contributed by atoms with Gasteiger partial charge in [-0.3, -0.25) is 4.79 Å². The fourth-order valence-corrected chi connectivity index (χ4v) is 2.90. The summed E-state index contributed by atoms with van der Waals surface area (Å²) in [4.78, 5) is 12.6. The molecule has 0 saturated carbocycles. The lowest BCUT2D eigenvalue weighted by atomic mass is 10.1. The molecule has 2 rings (SSSR count). The number of Topliss-reactive ketones (excluding diaryl/α,β-unsaturated/α-hetero) is 1. The third-order valence-corrected chi connectivity index (χ3v) is 4.28. The molecule has 0 aliphatic carbocycles. The first-order valence-electron chi connectivity index (χ1n) is 7.60. The molecule has 2 aromatic rings. The van der Waals surface area contributed by atoms with Crippen molar-refractivity contribution in [3.63, 3.8) is 0 Å². The molecule has 0 bridgehead atoms. The lowest BCUT2D eigenvalue weighted by Crippen LogP contribution is -2.01. The van der Waals surface area contributed by atoms with Gasteiger partial charge in [0, 0.05) is 5.56 Å². The van der Waals surface area contributed by atoms with Gasteiger partial charge in [0.2, 0.25) is 5.75 Å². The van der Waals surface area contributed by atoms with Crippen molar-refractivity contribution in [3.05, 3.63) is 45.9 Å². The smallest absolute Gasteiger partial charge is 0.203 e. The molecule has 0 aliphatic rings. The molecule has 0 unspecified atom stereocenters. The molecule has 0 radical (unpaired) electrons. The van der Waals surface area contributed by atoms with Gasteiger partial charge in [-0.1, -0.05) is 0 Å². The van der Waals surface area contributed by atoms with Gasteiger partial charge in [0.15, 0.2) is 17.3 Å². The van der Waals surface area contributed by atoms with Gasteiger partial charge >= 0.3 is 0 Å². The number of ketones is 1. The molecule has 6 nitrogen and oxygen atoms in total. The molecule has 0 fully saturated rings. The zero-order valence-electron chi connectivity index (χ0n) is 15.0. The Morgan fingerprint density at radius 1 is 0.923 bits per heavy atom. The van der Waals surface area contributed by atoms with E-state index in [0.29, 0.717) is 44.3 Å². The molecule has 0 aliphatic heterocycles. The second kappa shape index (κ2) is 8.62. The van der Waals surface area contributed by atoms with Gasteiger partial charge in [0.25, 0.3) is 0 Å². The molecule has 0 amide bonds. The van der Waals surface area contributed by atoms with Crippen molar-refractivity contribution in [2.75, 3.05) is 34.2 Å². The van der Waals surface area contributed by atoms with Crippen LogP contribution in [0.3, 0.4) is 0 Å². The highest BCUT2D eigenvalue weighted by Crippen LogP contribution is 2.39. The van der Waals surface area contributed by atoms with Crippen LogP contribution in [0.15, 0.2) is 34.8 Å². The molecule has 0 atom stereocenters. The minimum Gasteiger partial charge on any atom is -0.495 e. The second-order valence-corrected chi connectivity index (χ2v) is 6.09. The van der Waals surface area contributed by atoms with Crippen LogP contribution in [0.5, 0.6) is 23.0 Å². The SMILES string of the molecule is COc1ccc(C(=O)C(Br)=Cc2cc(OC)c(OC)c(OC)c2)cc1N. The lowest BCUT2D eigenvalue weighted by molar-refractivity contribution is 0.104. The number of rotatable bonds is 7. The molecular formula is C19H20BrNO5. The number of halogens is 1. The first-order valence-corrected chi connectivity index (χ1v) is 8.39. The van der Waals surface area contributed by atoms with E-state index in [0.717, 1.165) is 0 Å². The van der Waals surface area contributed by atoms with Crippen molar-refractivity contribution in [2.45, 2.75) is 0 Å². The maximum absolute atomic E-state index is 12.6. The number of carbonyl (C=O) groups is 1. The van der Waals surface area contributed by atoms with Gasteiger partial charge in [0.05, 0.1) is 38.6 Å². The minimum absolute atomic E-state index is 0.215. The highest BCUT2D eigenvalue weighted by atomic mass is 79.9. The Morgan fingerprint density at radius 3 is 1.96 bits per heavy atom. The standard InChI is InChI=1S/C19H20BrNO5/c1-23-15-6-5-12(10-14(15)21)18(22)13(20)7-11-8-16(24-2)19(26-4)17(9-11)25-3/h5-10H,21H2,1-4H3. The molecule has 2 aromatic carbocycles. The number of hydrogen-bond acceptors (Lipinski definition) is 6. The number of anilines is 1. The van der Waals surface area contributed by atoms with E-state index in [1.807, 2.05) is 0 Å². The van der Waals surface area contributed by atoms with Crippen LogP contribution >= 0.6 is 15.9 Å². The van der Waals surface area contributed by atoms with E-state index in [1.165, 1.54) is 28.4 Å². The van der Waals surface area contributed by atoms with Crippen LogP contribution in [0.4, 0.5) is 5.69 Å². The first-order chi connectivity index (χ1) is 12.4. The van der Waals surface area contributed by atoms with E-state index < -0.39 is 0 Å². The maximum atomic E-state index is 12.6. The van der Waals surface area contributed by atoms with E-state index in [1.54, 1.807) is 36.4 Å². The summed E-state index contributed by atoms with van der Waals surface area (Å²) in [6.45, 7) is 0. The number of nitrogen functional groups attached to an aromatic ring is 1. The van der Waals surface area contributed by atoms with Gasteiger partial charge in [0.1, 0.15) is 5.75 Å². The molecule has 0 spiro atoms. The Balaban J connectivity index is 2.39. The highest BCUT2D eigenvalue weighted by Gasteiger charge is 2.15. The van der Waals surface area contributed by atoms with Gasteiger partial charge in [-0.2, -0.15) is 0 Å². The summed E-state index contributed by atoms with van der Waals surface area (Å²) in [5, 5.41) is 0. The van der Waals surface area contributed by atoms with Gasteiger partial charge in [-0.15, -0.1) is 0 Å². The van der Waals surface area contributed by atoms with Gasteiger partial charge in [-0.05, 0) is 57.9 Å². The Morgan fingerprint density at radius 2 is 1.50 bits per heavy atom. The average molecular weight is 422 g/mol. The average Bonchev–Trinajstić information content (AvgIpc) is 2.66. The Kier molecular flexibility index (Phi) is 6.52. The van der Waals surface area contributed by atoms with E-state index in [-0.39, 0.29) is 5.78 Å². The lowest BCUT2D eigenvalue weighted by Gasteiger charge is -2.13. The summed E-state index contributed by atoms with van der Waals surface area (Å²) in [7, 11) is 6.12. The summed E-state index contributed by atoms with van der Waals surface area (Å²) in [6, 6.07) is 8.38. The highest BCUT2D eigenvalue weighted by molar-refractivity contribution is 9.12. The number of methoxy groups -OCH3 is 4. The fraction of sp³-hybridized carbons (Fsp3) is 0.211. The van der Waals surface area contributed by atoms with Crippen LogP contribution in [0, 0.1) is 0 Å². The van der Waals surface area contributed by atoms with Crippen LogP contribution in [-0.2, 0) is 0 Å². The number of ether oxygens (including phenoxy) is 4. The quantitative estimate of drug-likeness (QED) is 0.414. The molecule has 138 valence electrons. The molecule has 26 heavy (non-hydrogen) atoms. The molecule has 7 heteroatoms. The number of benzene rings is 2. The predicted octanol–water partition coefficient (Wildman–Crippen LogP) is 3.92. The van der Waals surface area contributed by atoms with Crippen LogP contribution < -0.4 is 24.7 Å². The van der Waals surface area contributed by atoms with Gasteiger partial charge < -0.3 is 24.7 Å². The van der Waals surface area contributed by atoms with Crippen molar-refractivity contribution in [1.29, 1.82) is 0 Å². The van der Waals surface area contributed by atoms with Gasteiger partial charge in [-0.25, -0.2) is 0 Å². The first kappa shape index (κ1) is 19.7. The third-order valence-electron chi connectivity index (χ3n) is 3.69. The molecule has 0 heterocycles. The van der Waals surface area contributed by atoms with E-state index in [2.05, 4.69) is 15.9 Å². The predicted molar refractivity (Wildman–Crippen MR) is 105 cm³/mol. The number of nitrogens with two attached hydrogens (primary N) is 1. The summed E-state index contributed by atoms with van der Waals surface area (Å²) in [5.74, 6) is 1.79. The van der Waals surface area contributed by atoms with Crippen LogP contribution in [0.25, 0.3) is 6.08 Å². The van der Waals surface area contributed by atoms with Crippen molar-refractivity contribution >= 4 is 33.5 Å². The summed E-state index contributed by atoms with van der Waals surface area (Å²) < 4.78 is 21.4. The normalized spacial score (nSPS) is 11.0. The fourth-order valence-electron chi connectivity index (χ4n) is 2.41. The number of allylic oxidation sites excluding steroid dienone is 1.